The molecule has 1 aliphatic carbocycles. The summed E-state index contributed by atoms with van der Waals surface area (Å²) in [6.07, 6.45) is 7.21. The van der Waals surface area contributed by atoms with Crippen LogP contribution in [0.25, 0.3) is 0 Å². The molecule has 5 heteroatoms. The van der Waals surface area contributed by atoms with Crippen LogP contribution in [-0.4, -0.2) is 52.9 Å². The van der Waals surface area contributed by atoms with Gasteiger partial charge in [0.2, 0.25) is 0 Å². The molecule has 4 nitrogen and oxygen atoms in total. The van der Waals surface area contributed by atoms with Gasteiger partial charge in [0.15, 0.2) is 0 Å². The molecule has 0 atom stereocenters. The summed E-state index contributed by atoms with van der Waals surface area (Å²) in [5.74, 6) is 0.158. The maximum absolute atomic E-state index is 12.8. The Morgan fingerprint density at radius 2 is 1.69 bits per heavy atom. The number of benzene rings is 1. The second kappa shape index (κ2) is 8.23. The Kier molecular flexibility index (Phi) is 5.56. The number of carbonyl (C=O) groups is 1. The van der Waals surface area contributed by atoms with Gasteiger partial charge < -0.3 is 4.90 Å². The maximum Gasteiger partial charge on any atom is 0.253 e. The van der Waals surface area contributed by atoms with Gasteiger partial charge in [-0.1, -0.05) is 30.7 Å². The zero-order valence-corrected chi connectivity index (χ0v) is 15.8. The molecule has 1 saturated carbocycles. The van der Waals surface area contributed by atoms with E-state index in [1.807, 2.05) is 47.4 Å². The number of nitrogens with zero attached hydrogens (tertiary/aromatic N) is 3. The van der Waals surface area contributed by atoms with E-state index in [1.165, 1.54) is 25.7 Å². The molecule has 1 aromatic heterocycles. The molecule has 2 aromatic rings. The predicted octanol–water partition coefficient (Wildman–Crippen LogP) is 3.93. The molecular weight excluding hydrogens is 342 g/mol. The van der Waals surface area contributed by atoms with Crippen LogP contribution in [0.4, 0.5) is 0 Å². The Bertz CT molecular complexity index is 721. The van der Waals surface area contributed by atoms with Crippen LogP contribution in [0.5, 0.6) is 0 Å². The van der Waals surface area contributed by atoms with Crippen LogP contribution in [-0.2, 0) is 0 Å². The average molecular weight is 368 g/mol. The van der Waals surface area contributed by atoms with Gasteiger partial charge in [-0.3, -0.25) is 9.69 Å². The molecule has 0 N–H and O–H groups in total. The van der Waals surface area contributed by atoms with Crippen molar-refractivity contribution in [2.45, 2.75) is 41.6 Å². The highest BCUT2D eigenvalue weighted by Crippen LogP contribution is 2.27. The number of hydrogen-bond acceptors (Lipinski definition) is 4. The normalized spacial score (nSPS) is 19.0. The summed E-state index contributed by atoms with van der Waals surface area (Å²) in [6, 6.07) is 14.6. The van der Waals surface area contributed by atoms with Crippen molar-refractivity contribution in [3.8, 4) is 0 Å². The Morgan fingerprint density at radius 1 is 0.962 bits per heavy atom. The minimum Gasteiger partial charge on any atom is -0.336 e. The molecule has 1 saturated heterocycles. The van der Waals surface area contributed by atoms with E-state index in [9.17, 15) is 4.79 Å². The monoisotopic (exact) mass is 367 g/mol. The molecular formula is C21H25N3OS. The second-order valence-corrected chi connectivity index (χ2v) is 8.15. The lowest BCUT2D eigenvalue weighted by atomic mass is 10.1. The molecule has 0 radical (unpaired) electrons. The van der Waals surface area contributed by atoms with Crippen molar-refractivity contribution in [1.82, 2.24) is 14.8 Å². The van der Waals surface area contributed by atoms with E-state index >= 15 is 0 Å². The fourth-order valence-corrected chi connectivity index (χ4v) is 4.71. The second-order valence-electron chi connectivity index (χ2n) is 7.06. The molecule has 2 aliphatic rings. The average Bonchev–Trinajstić information content (AvgIpc) is 3.24. The summed E-state index contributed by atoms with van der Waals surface area (Å²) in [5, 5.41) is 0.967. The number of aromatic nitrogens is 1. The zero-order valence-electron chi connectivity index (χ0n) is 15.0. The van der Waals surface area contributed by atoms with E-state index in [1.54, 1.807) is 18.0 Å². The van der Waals surface area contributed by atoms with Gasteiger partial charge >= 0.3 is 0 Å². The molecule has 2 fully saturated rings. The Morgan fingerprint density at radius 3 is 2.35 bits per heavy atom. The van der Waals surface area contributed by atoms with Gasteiger partial charge in [-0.15, -0.1) is 0 Å². The van der Waals surface area contributed by atoms with Gasteiger partial charge in [0.1, 0.15) is 5.03 Å². The maximum atomic E-state index is 12.8. The van der Waals surface area contributed by atoms with Crippen molar-refractivity contribution in [1.29, 1.82) is 0 Å². The first-order valence-corrected chi connectivity index (χ1v) is 10.3. The number of hydrogen-bond donors (Lipinski definition) is 0. The van der Waals surface area contributed by atoms with Crippen molar-refractivity contribution in [3.63, 3.8) is 0 Å². The number of rotatable bonds is 4. The molecule has 0 bridgehead atoms. The highest BCUT2D eigenvalue weighted by molar-refractivity contribution is 7.99. The third kappa shape index (κ3) is 4.10. The standard InChI is InChI=1S/C21H25N3OS/c25-21(24-15-13-23(14-16-24)18-5-1-2-6-18)17-8-10-19(11-9-17)26-20-7-3-4-12-22-20/h3-4,7-12,18H,1-2,5-6,13-16H2. The van der Waals surface area contributed by atoms with Gasteiger partial charge in [0.05, 0.1) is 0 Å². The van der Waals surface area contributed by atoms with Gasteiger partial charge in [-0.05, 0) is 49.2 Å². The highest BCUT2D eigenvalue weighted by atomic mass is 32.2. The van der Waals surface area contributed by atoms with Crippen molar-refractivity contribution >= 4 is 17.7 Å². The van der Waals surface area contributed by atoms with Gasteiger partial charge in [0, 0.05) is 48.9 Å². The van der Waals surface area contributed by atoms with E-state index in [0.717, 1.165) is 47.7 Å². The number of piperazine rings is 1. The molecule has 1 aliphatic heterocycles. The van der Waals surface area contributed by atoms with E-state index in [-0.39, 0.29) is 5.91 Å². The van der Waals surface area contributed by atoms with Crippen molar-refractivity contribution in [3.05, 3.63) is 54.2 Å². The third-order valence-electron chi connectivity index (χ3n) is 5.40. The lowest BCUT2D eigenvalue weighted by Crippen LogP contribution is -2.51. The quantitative estimate of drug-likeness (QED) is 0.820. The fourth-order valence-electron chi connectivity index (χ4n) is 3.94. The zero-order chi connectivity index (χ0) is 17.8. The van der Waals surface area contributed by atoms with Gasteiger partial charge in [0.25, 0.3) is 5.91 Å². The van der Waals surface area contributed by atoms with Crippen molar-refractivity contribution in [2.24, 2.45) is 0 Å². The first-order chi connectivity index (χ1) is 12.8. The summed E-state index contributed by atoms with van der Waals surface area (Å²) in [7, 11) is 0. The van der Waals surface area contributed by atoms with Crippen molar-refractivity contribution < 1.29 is 4.79 Å². The molecule has 1 aromatic carbocycles. The van der Waals surface area contributed by atoms with Crippen LogP contribution in [0, 0.1) is 0 Å². The van der Waals surface area contributed by atoms with Crippen LogP contribution in [0.1, 0.15) is 36.0 Å². The first-order valence-electron chi connectivity index (χ1n) is 9.52. The first kappa shape index (κ1) is 17.6. The van der Waals surface area contributed by atoms with E-state index in [0.29, 0.717) is 0 Å². The summed E-state index contributed by atoms with van der Waals surface area (Å²) in [4.78, 5) is 22.8. The van der Waals surface area contributed by atoms with Crippen LogP contribution < -0.4 is 0 Å². The smallest absolute Gasteiger partial charge is 0.253 e. The summed E-state index contributed by atoms with van der Waals surface area (Å²) in [6.45, 7) is 3.73. The molecule has 136 valence electrons. The molecule has 0 unspecified atom stereocenters. The van der Waals surface area contributed by atoms with Gasteiger partial charge in [-0.25, -0.2) is 4.98 Å². The van der Waals surface area contributed by atoms with Crippen LogP contribution in [0.15, 0.2) is 58.6 Å². The minimum absolute atomic E-state index is 0.158. The summed E-state index contributed by atoms with van der Waals surface area (Å²) < 4.78 is 0. The predicted molar refractivity (Wildman–Crippen MR) is 105 cm³/mol. The Hall–Kier alpha value is -1.85. The van der Waals surface area contributed by atoms with Crippen LogP contribution in [0.2, 0.25) is 0 Å². The fraction of sp³-hybridized carbons (Fsp3) is 0.429. The molecule has 2 heterocycles. The number of amides is 1. The lowest BCUT2D eigenvalue weighted by Gasteiger charge is -2.38. The van der Waals surface area contributed by atoms with Crippen molar-refractivity contribution in [2.75, 3.05) is 26.2 Å². The van der Waals surface area contributed by atoms with E-state index < -0.39 is 0 Å². The number of pyridine rings is 1. The Labute approximate surface area is 159 Å². The molecule has 4 rings (SSSR count). The number of carbonyl (C=O) groups excluding carboxylic acids is 1. The van der Waals surface area contributed by atoms with E-state index in [2.05, 4.69) is 9.88 Å². The van der Waals surface area contributed by atoms with Gasteiger partial charge in [-0.2, -0.15) is 0 Å². The largest absolute Gasteiger partial charge is 0.336 e. The highest BCUT2D eigenvalue weighted by Gasteiger charge is 2.28. The minimum atomic E-state index is 0.158. The molecule has 0 spiro atoms. The van der Waals surface area contributed by atoms with Crippen LogP contribution >= 0.6 is 11.8 Å². The SMILES string of the molecule is O=C(c1ccc(Sc2ccccn2)cc1)N1CCN(C2CCCC2)CC1. The summed E-state index contributed by atoms with van der Waals surface area (Å²) in [5.41, 5.74) is 0.782. The lowest BCUT2D eigenvalue weighted by molar-refractivity contribution is 0.0573. The van der Waals surface area contributed by atoms with Crippen LogP contribution in [0.3, 0.4) is 0 Å². The Balaban J connectivity index is 1.33. The molecule has 26 heavy (non-hydrogen) atoms. The third-order valence-corrected chi connectivity index (χ3v) is 6.36. The van der Waals surface area contributed by atoms with E-state index in [4.69, 9.17) is 0 Å². The summed E-state index contributed by atoms with van der Waals surface area (Å²) >= 11 is 1.62. The molecule has 1 amide bonds. The topological polar surface area (TPSA) is 36.4 Å².